The Morgan fingerprint density at radius 1 is 0.949 bits per heavy atom. The third-order valence-electron chi connectivity index (χ3n) is 8.35. The van der Waals surface area contributed by atoms with Gasteiger partial charge in [-0.1, -0.05) is 48.5 Å². The van der Waals surface area contributed by atoms with Crippen molar-refractivity contribution in [1.82, 2.24) is 20.1 Å². The molecule has 39 heavy (non-hydrogen) atoms. The molecule has 0 radical (unpaired) electrons. The van der Waals surface area contributed by atoms with E-state index in [0.717, 1.165) is 75.6 Å². The molecule has 0 saturated carbocycles. The number of fused-ring (bicyclic) bond motifs is 2. The fourth-order valence-electron chi connectivity index (χ4n) is 6.09. The number of hydrogen-bond donors (Lipinski definition) is 1. The first kappa shape index (κ1) is 25.6. The Balaban J connectivity index is 1.01. The number of carbonyl (C=O) groups is 1. The predicted octanol–water partition coefficient (Wildman–Crippen LogP) is 5.40. The van der Waals surface area contributed by atoms with Crippen molar-refractivity contribution in [2.75, 3.05) is 37.6 Å². The summed E-state index contributed by atoms with van der Waals surface area (Å²) in [5, 5.41) is 4.95. The van der Waals surface area contributed by atoms with Crippen molar-refractivity contribution in [2.45, 2.75) is 51.7 Å². The number of hydrogen-bond acceptors (Lipinski definition) is 6. The van der Waals surface area contributed by atoms with Gasteiger partial charge >= 0.3 is 0 Å². The summed E-state index contributed by atoms with van der Waals surface area (Å²) in [4.78, 5) is 24.5. The van der Waals surface area contributed by atoms with E-state index in [1.165, 1.54) is 28.5 Å². The molecule has 3 heterocycles. The average molecular weight is 522 g/mol. The summed E-state index contributed by atoms with van der Waals surface area (Å²) in [7, 11) is 0. The van der Waals surface area contributed by atoms with Crippen LogP contribution >= 0.6 is 0 Å². The maximum atomic E-state index is 12.1. The minimum atomic E-state index is 0.213. The average Bonchev–Trinajstić information content (AvgIpc) is 2.96. The van der Waals surface area contributed by atoms with E-state index in [1.54, 1.807) is 0 Å². The van der Waals surface area contributed by atoms with Crippen LogP contribution in [0.15, 0.2) is 84.2 Å². The topological polar surface area (TPSA) is 51.7 Å². The van der Waals surface area contributed by atoms with E-state index < -0.39 is 0 Å². The smallest absolute Gasteiger partial charge is 0.158 e. The molecule has 1 unspecified atom stereocenters. The van der Waals surface area contributed by atoms with Crippen LogP contribution in [-0.4, -0.2) is 59.5 Å². The van der Waals surface area contributed by atoms with Gasteiger partial charge in [-0.15, -0.1) is 0 Å². The van der Waals surface area contributed by atoms with Gasteiger partial charge in [0.25, 0.3) is 0 Å². The molecule has 3 aromatic rings. The molecule has 2 aliphatic heterocycles. The van der Waals surface area contributed by atoms with Gasteiger partial charge in [0.2, 0.25) is 0 Å². The first-order chi connectivity index (χ1) is 19.1. The Morgan fingerprint density at radius 3 is 2.59 bits per heavy atom. The molecule has 202 valence electrons. The van der Waals surface area contributed by atoms with Crippen molar-refractivity contribution in [3.8, 4) is 0 Å². The van der Waals surface area contributed by atoms with Crippen LogP contribution in [0.4, 0.5) is 5.82 Å². The third kappa shape index (κ3) is 6.01. The molecule has 0 amide bonds. The van der Waals surface area contributed by atoms with E-state index in [1.807, 2.05) is 6.08 Å². The summed E-state index contributed by atoms with van der Waals surface area (Å²) in [5.74, 6) is 1.34. The number of allylic oxidation sites excluding steroid dienone is 2. The number of nitrogens with one attached hydrogen (secondary N) is 1. The van der Waals surface area contributed by atoms with Gasteiger partial charge in [0.1, 0.15) is 5.82 Å². The summed E-state index contributed by atoms with van der Waals surface area (Å²) in [6.45, 7) is 8.41. The molecule has 6 rings (SSSR count). The van der Waals surface area contributed by atoms with Gasteiger partial charge in [0.15, 0.2) is 5.78 Å². The van der Waals surface area contributed by atoms with Gasteiger partial charge < -0.3 is 15.1 Å². The molecule has 1 aromatic heterocycles. The normalized spacial score (nSPS) is 19.9. The van der Waals surface area contributed by atoms with Crippen LogP contribution in [0.3, 0.4) is 0 Å². The number of anilines is 1. The van der Waals surface area contributed by atoms with E-state index >= 15 is 0 Å². The van der Waals surface area contributed by atoms with Gasteiger partial charge in [-0.2, -0.15) is 0 Å². The standard InChI is InChI=1S/C33H39N5O/c1-25-21-33(34-30-12-6-5-11-29(25)30)37-19-17-36(18-20-37)16-8-7-13-32-35-31-22-28(39)15-14-27(31)24-38(32)23-26-9-3-2-4-10-26/h2-6,9-12,21-22,24,32,35H,7-8,13-20,23H2,1H3. The molecule has 2 aromatic carbocycles. The second kappa shape index (κ2) is 11.6. The molecule has 1 N–H and O–H groups in total. The maximum absolute atomic E-state index is 12.1. The number of pyridine rings is 1. The van der Waals surface area contributed by atoms with Gasteiger partial charge in [-0.05, 0) is 68.0 Å². The highest BCUT2D eigenvalue weighted by molar-refractivity contribution is 5.92. The second-order valence-corrected chi connectivity index (χ2v) is 11.1. The van der Waals surface area contributed by atoms with Crippen LogP contribution < -0.4 is 10.2 Å². The molecule has 1 aliphatic carbocycles. The summed E-state index contributed by atoms with van der Waals surface area (Å²) in [5.41, 5.74) is 5.99. The Bertz CT molecular complexity index is 1370. The van der Waals surface area contributed by atoms with Crippen molar-refractivity contribution < 1.29 is 4.79 Å². The molecule has 6 heteroatoms. The van der Waals surface area contributed by atoms with Crippen LogP contribution in [0.5, 0.6) is 0 Å². The van der Waals surface area contributed by atoms with Gasteiger partial charge in [-0.25, -0.2) is 4.98 Å². The number of aryl methyl sites for hydroxylation is 1. The number of para-hydroxylation sites is 1. The Labute approximate surface area is 232 Å². The van der Waals surface area contributed by atoms with Crippen LogP contribution in [-0.2, 0) is 11.3 Å². The van der Waals surface area contributed by atoms with E-state index in [4.69, 9.17) is 4.98 Å². The number of rotatable bonds is 8. The molecule has 1 fully saturated rings. The molecule has 1 atom stereocenters. The fraction of sp³-hybridized carbons (Fsp3) is 0.394. The largest absolute Gasteiger partial charge is 0.365 e. The van der Waals surface area contributed by atoms with Crippen LogP contribution in [0, 0.1) is 6.92 Å². The summed E-state index contributed by atoms with van der Waals surface area (Å²) >= 11 is 0. The third-order valence-corrected chi connectivity index (χ3v) is 8.35. The Kier molecular flexibility index (Phi) is 7.64. The monoisotopic (exact) mass is 521 g/mol. The highest BCUT2D eigenvalue weighted by Gasteiger charge is 2.27. The quantitative estimate of drug-likeness (QED) is 0.401. The minimum Gasteiger partial charge on any atom is -0.365 e. The lowest BCUT2D eigenvalue weighted by Crippen LogP contribution is -2.47. The molecular formula is C33H39N5O. The lowest BCUT2D eigenvalue weighted by atomic mass is 9.95. The van der Waals surface area contributed by atoms with Crippen LogP contribution in [0.1, 0.15) is 43.2 Å². The number of aromatic nitrogens is 1. The fourth-order valence-corrected chi connectivity index (χ4v) is 6.09. The second-order valence-electron chi connectivity index (χ2n) is 11.1. The summed E-state index contributed by atoms with van der Waals surface area (Å²) in [6.07, 6.45) is 9.16. The van der Waals surface area contributed by atoms with E-state index in [0.29, 0.717) is 6.42 Å². The van der Waals surface area contributed by atoms with Gasteiger partial charge in [0, 0.05) is 62.5 Å². The SMILES string of the molecule is Cc1cc(N2CCN(CCCCC3NC4=CC(=O)CCC4=CN3Cc3ccccc3)CC2)nc2ccccc12. The lowest BCUT2D eigenvalue weighted by Gasteiger charge is -2.39. The number of nitrogens with zero attached hydrogens (tertiary/aromatic N) is 4. The molecule has 0 bridgehead atoms. The number of piperazine rings is 1. The molecule has 0 spiro atoms. The molecular weight excluding hydrogens is 482 g/mol. The Hall–Kier alpha value is -3.64. The zero-order valence-electron chi connectivity index (χ0n) is 23.0. The van der Waals surface area contributed by atoms with Crippen molar-refractivity contribution in [3.05, 3.63) is 95.3 Å². The Morgan fingerprint density at radius 2 is 1.74 bits per heavy atom. The highest BCUT2D eigenvalue weighted by atomic mass is 16.1. The zero-order valence-corrected chi connectivity index (χ0v) is 23.0. The molecule has 1 saturated heterocycles. The van der Waals surface area contributed by atoms with Crippen molar-refractivity contribution >= 4 is 22.5 Å². The van der Waals surface area contributed by atoms with Crippen molar-refractivity contribution in [3.63, 3.8) is 0 Å². The van der Waals surface area contributed by atoms with Crippen molar-refractivity contribution in [1.29, 1.82) is 0 Å². The predicted molar refractivity (Wildman–Crippen MR) is 158 cm³/mol. The lowest BCUT2D eigenvalue weighted by molar-refractivity contribution is -0.114. The van der Waals surface area contributed by atoms with Crippen LogP contribution in [0.25, 0.3) is 10.9 Å². The molecule has 3 aliphatic rings. The summed E-state index contributed by atoms with van der Waals surface area (Å²) in [6, 6.07) is 21.3. The van der Waals surface area contributed by atoms with Gasteiger partial charge in [-0.3, -0.25) is 9.69 Å². The molecule has 6 nitrogen and oxygen atoms in total. The summed E-state index contributed by atoms with van der Waals surface area (Å²) < 4.78 is 0. The van der Waals surface area contributed by atoms with E-state index in [2.05, 4.69) is 93.8 Å². The first-order valence-corrected chi connectivity index (χ1v) is 14.5. The first-order valence-electron chi connectivity index (χ1n) is 14.5. The maximum Gasteiger partial charge on any atom is 0.158 e. The number of carbonyl (C=O) groups excluding carboxylic acids is 1. The number of benzene rings is 2. The minimum absolute atomic E-state index is 0.213. The van der Waals surface area contributed by atoms with Gasteiger partial charge in [0.05, 0.1) is 11.7 Å². The zero-order chi connectivity index (χ0) is 26.6. The number of ketones is 1. The number of unbranched alkanes of at least 4 members (excludes halogenated alkanes) is 1. The highest BCUT2D eigenvalue weighted by Crippen LogP contribution is 2.29. The van der Waals surface area contributed by atoms with Crippen molar-refractivity contribution in [2.24, 2.45) is 0 Å². The van der Waals surface area contributed by atoms with E-state index in [-0.39, 0.29) is 11.9 Å². The van der Waals surface area contributed by atoms with E-state index in [9.17, 15) is 4.79 Å². The van der Waals surface area contributed by atoms with Crippen LogP contribution in [0.2, 0.25) is 0 Å².